The second kappa shape index (κ2) is 7.58. The highest BCUT2D eigenvalue weighted by Gasteiger charge is 2.25. The predicted molar refractivity (Wildman–Crippen MR) is 84.2 cm³/mol. The summed E-state index contributed by atoms with van der Waals surface area (Å²) >= 11 is 0. The van der Waals surface area contributed by atoms with Gasteiger partial charge in [-0.2, -0.15) is 0 Å². The van der Waals surface area contributed by atoms with E-state index < -0.39 is 0 Å². The zero-order chi connectivity index (χ0) is 16.1. The second-order valence-electron chi connectivity index (χ2n) is 6.07. The number of hydrogen-bond acceptors (Lipinski definition) is 3. The Bertz CT molecular complexity index is 519. The minimum Gasteiger partial charge on any atom is -0.494 e. The van der Waals surface area contributed by atoms with Crippen LogP contribution in [0.25, 0.3) is 0 Å². The highest BCUT2D eigenvalue weighted by molar-refractivity contribution is 5.76. The Morgan fingerprint density at radius 3 is 2.95 bits per heavy atom. The fourth-order valence-electron chi connectivity index (χ4n) is 2.94. The van der Waals surface area contributed by atoms with Crippen LogP contribution in [0.2, 0.25) is 0 Å². The van der Waals surface area contributed by atoms with E-state index in [-0.39, 0.29) is 23.5 Å². The number of carbonyl (C=O) groups excluding carboxylic acids is 1. The molecule has 1 heterocycles. The molecule has 2 atom stereocenters. The predicted octanol–water partition coefficient (Wildman–Crippen LogP) is 2.35. The number of piperidine rings is 1. The van der Waals surface area contributed by atoms with Crippen molar-refractivity contribution in [2.45, 2.75) is 38.6 Å². The summed E-state index contributed by atoms with van der Waals surface area (Å²) in [5.74, 6) is 0.353. The molecule has 22 heavy (non-hydrogen) atoms. The molecule has 5 heteroatoms. The van der Waals surface area contributed by atoms with Gasteiger partial charge in [0.15, 0.2) is 11.6 Å². The van der Waals surface area contributed by atoms with Crippen molar-refractivity contribution in [2.75, 3.05) is 20.2 Å². The molecule has 1 fully saturated rings. The van der Waals surface area contributed by atoms with Crippen molar-refractivity contribution in [3.63, 3.8) is 0 Å². The minimum atomic E-state index is -0.387. The monoisotopic (exact) mass is 308 g/mol. The molecule has 0 spiro atoms. The molecule has 0 bridgehead atoms. The number of likely N-dealkylation sites (tertiary alicyclic amines) is 1. The summed E-state index contributed by atoms with van der Waals surface area (Å²) < 4.78 is 18.5. The number of halogens is 1. The molecule has 4 nitrogen and oxygen atoms in total. The van der Waals surface area contributed by atoms with Gasteiger partial charge in [-0.05, 0) is 49.8 Å². The van der Waals surface area contributed by atoms with Crippen molar-refractivity contribution in [1.82, 2.24) is 4.90 Å². The molecule has 2 unspecified atom stereocenters. The van der Waals surface area contributed by atoms with Crippen LogP contribution in [0, 0.1) is 11.7 Å². The lowest BCUT2D eigenvalue weighted by atomic mass is 9.92. The number of ether oxygens (including phenoxy) is 1. The molecule has 1 aliphatic heterocycles. The maximum absolute atomic E-state index is 13.6. The molecule has 2 rings (SSSR count). The van der Waals surface area contributed by atoms with Crippen molar-refractivity contribution in [3.05, 3.63) is 29.6 Å². The van der Waals surface area contributed by atoms with Crippen LogP contribution in [0.15, 0.2) is 18.2 Å². The Kier molecular flexibility index (Phi) is 5.77. The topological polar surface area (TPSA) is 55.6 Å². The van der Waals surface area contributed by atoms with Crippen LogP contribution in [-0.2, 0) is 11.2 Å². The molecular weight excluding hydrogens is 283 g/mol. The third-order valence-corrected chi connectivity index (χ3v) is 4.40. The average Bonchev–Trinajstić information content (AvgIpc) is 2.52. The maximum Gasteiger partial charge on any atom is 0.222 e. The molecule has 0 radical (unpaired) electrons. The number of carbonyl (C=O) groups is 1. The first-order valence-corrected chi connectivity index (χ1v) is 7.87. The van der Waals surface area contributed by atoms with Gasteiger partial charge in [0.1, 0.15) is 0 Å². The Morgan fingerprint density at radius 1 is 1.55 bits per heavy atom. The number of rotatable bonds is 5. The highest BCUT2D eigenvalue weighted by atomic mass is 19.1. The lowest BCUT2D eigenvalue weighted by molar-refractivity contribution is -0.133. The first kappa shape index (κ1) is 16.7. The van der Waals surface area contributed by atoms with Gasteiger partial charge in [0, 0.05) is 25.6 Å². The fourth-order valence-corrected chi connectivity index (χ4v) is 2.94. The molecule has 1 amide bonds. The number of benzene rings is 1. The number of nitrogens with zero attached hydrogens (tertiary/aromatic N) is 1. The molecular formula is C17H25FN2O2. The van der Waals surface area contributed by atoms with E-state index in [2.05, 4.69) is 0 Å². The Labute approximate surface area is 131 Å². The first-order chi connectivity index (χ1) is 10.5. The van der Waals surface area contributed by atoms with E-state index in [1.807, 2.05) is 11.8 Å². The Hall–Kier alpha value is -1.62. The van der Waals surface area contributed by atoms with E-state index in [9.17, 15) is 9.18 Å². The zero-order valence-electron chi connectivity index (χ0n) is 13.3. The number of hydrogen-bond donors (Lipinski definition) is 1. The van der Waals surface area contributed by atoms with Gasteiger partial charge < -0.3 is 15.4 Å². The van der Waals surface area contributed by atoms with Crippen LogP contribution in [0.5, 0.6) is 5.75 Å². The summed E-state index contributed by atoms with van der Waals surface area (Å²) in [7, 11) is 1.44. The van der Waals surface area contributed by atoms with Gasteiger partial charge in [0.2, 0.25) is 5.91 Å². The van der Waals surface area contributed by atoms with E-state index in [0.29, 0.717) is 18.8 Å². The molecule has 122 valence electrons. The lowest BCUT2D eigenvalue weighted by Crippen LogP contribution is -2.45. The number of aryl methyl sites for hydroxylation is 1. The van der Waals surface area contributed by atoms with E-state index >= 15 is 0 Å². The van der Waals surface area contributed by atoms with Crippen molar-refractivity contribution in [2.24, 2.45) is 11.7 Å². The minimum absolute atomic E-state index is 0.117. The molecule has 1 aromatic rings. The molecule has 1 aliphatic rings. The summed E-state index contributed by atoms with van der Waals surface area (Å²) in [6.45, 7) is 3.55. The standard InChI is InChI=1S/C17H25FN2O2/c1-12(19)14-4-3-9-20(11-14)17(21)8-6-13-5-7-16(22-2)15(18)10-13/h5,7,10,12,14H,3-4,6,8-9,11,19H2,1-2H3. The van der Waals surface area contributed by atoms with Gasteiger partial charge in [0.25, 0.3) is 0 Å². The molecule has 0 aromatic heterocycles. The normalized spacial score (nSPS) is 19.8. The quantitative estimate of drug-likeness (QED) is 0.908. The van der Waals surface area contributed by atoms with E-state index in [4.69, 9.17) is 10.5 Å². The molecule has 2 N–H and O–H groups in total. The third kappa shape index (κ3) is 4.19. The summed E-state index contributed by atoms with van der Waals surface area (Å²) in [5.41, 5.74) is 6.76. The number of nitrogens with two attached hydrogens (primary N) is 1. The summed E-state index contributed by atoms with van der Waals surface area (Å²) in [5, 5.41) is 0. The van der Waals surface area contributed by atoms with Crippen LogP contribution in [0.3, 0.4) is 0 Å². The molecule has 0 aliphatic carbocycles. The summed E-state index contributed by atoms with van der Waals surface area (Å²) in [4.78, 5) is 14.2. The van der Waals surface area contributed by atoms with Gasteiger partial charge in [-0.1, -0.05) is 6.07 Å². The average molecular weight is 308 g/mol. The molecule has 1 aromatic carbocycles. The molecule has 1 saturated heterocycles. The van der Waals surface area contributed by atoms with Crippen molar-refractivity contribution in [3.8, 4) is 5.75 Å². The number of amides is 1. The Morgan fingerprint density at radius 2 is 2.32 bits per heavy atom. The van der Waals surface area contributed by atoms with Crippen LogP contribution >= 0.6 is 0 Å². The van der Waals surface area contributed by atoms with Crippen molar-refractivity contribution < 1.29 is 13.9 Å². The third-order valence-electron chi connectivity index (χ3n) is 4.40. The highest BCUT2D eigenvalue weighted by Crippen LogP contribution is 2.21. The number of methoxy groups -OCH3 is 1. The largest absolute Gasteiger partial charge is 0.494 e. The van der Waals surface area contributed by atoms with E-state index in [1.165, 1.54) is 13.2 Å². The van der Waals surface area contributed by atoms with Crippen LogP contribution in [-0.4, -0.2) is 37.0 Å². The van der Waals surface area contributed by atoms with Gasteiger partial charge in [-0.25, -0.2) is 4.39 Å². The van der Waals surface area contributed by atoms with Gasteiger partial charge >= 0.3 is 0 Å². The van der Waals surface area contributed by atoms with Crippen LogP contribution < -0.4 is 10.5 Å². The fraction of sp³-hybridized carbons (Fsp3) is 0.588. The van der Waals surface area contributed by atoms with Crippen LogP contribution in [0.1, 0.15) is 31.7 Å². The zero-order valence-corrected chi connectivity index (χ0v) is 13.3. The van der Waals surface area contributed by atoms with Crippen molar-refractivity contribution in [1.29, 1.82) is 0 Å². The van der Waals surface area contributed by atoms with Gasteiger partial charge in [-0.3, -0.25) is 4.79 Å². The summed E-state index contributed by atoms with van der Waals surface area (Å²) in [6.07, 6.45) is 3.04. The van der Waals surface area contributed by atoms with Crippen LogP contribution in [0.4, 0.5) is 4.39 Å². The summed E-state index contributed by atoms with van der Waals surface area (Å²) in [6, 6.07) is 4.96. The van der Waals surface area contributed by atoms with E-state index in [0.717, 1.165) is 31.5 Å². The lowest BCUT2D eigenvalue weighted by Gasteiger charge is -2.34. The van der Waals surface area contributed by atoms with E-state index in [1.54, 1.807) is 12.1 Å². The second-order valence-corrected chi connectivity index (χ2v) is 6.07. The SMILES string of the molecule is COc1ccc(CCC(=O)N2CCCC(C(C)N)C2)cc1F. The van der Waals surface area contributed by atoms with Gasteiger partial charge in [-0.15, -0.1) is 0 Å². The first-order valence-electron chi connectivity index (χ1n) is 7.87. The maximum atomic E-state index is 13.6. The Balaban J connectivity index is 1.88. The molecule has 0 saturated carbocycles. The van der Waals surface area contributed by atoms with Gasteiger partial charge in [0.05, 0.1) is 7.11 Å². The van der Waals surface area contributed by atoms with Crippen molar-refractivity contribution >= 4 is 5.91 Å². The smallest absolute Gasteiger partial charge is 0.222 e.